The number of methoxy groups -OCH3 is 1. The Hall–Kier alpha value is -3.72. The maximum Gasteiger partial charge on any atom is 0.222 e. The van der Waals surface area contributed by atoms with Gasteiger partial charge in [-0.2, -0.15) is 4.98 Å². The molecule has 0 spiro atoms. The van der Waals surface area contributed by atoms with Crippen molar-refractivity contribution in [1.29, 1.82) is 0 Å². The van der Waals surface area contributed by atoms with Gasteiger partial charge in [0.1, 0.15) is 11.5 Å². The van der Waals surface area contributed by atoms with Crippen LogP contribution in [0.25, 0.3) is 0 Å². The summed E-state index contributed by atoms with van der Waals surface area (Å²) in [5, 5.41) is 6.67. The van der Waals surface area contributed by atoms with Crippen LogP contribution in [-0.2, 0) is 4.74 Å². The van der Waals surface area contributed by atoms with E-state index in [4.69, 9.17) is 25.7 Å². The van der Waals surface area contributed by atoms with Gasteiger partial charge in [0.05, 0.1) is 19.0 Å². The van der Waals surface area contributed by atoms with Crippen LogP contribution in [0.5, 0.6) is 17.2 Å². The zero-order valence-electron chi connectivity index (χ0n) is 17.6. The smallest absolute Gasteiger partial charge is 0.222 e. The van der Waals surface area contributed by atoms with E-state index in [9.17, 15) is 0 Å². The molecule has 1 fully saturated rings. The molecule has 31 heavy (non-hydrogen) atoms. The SMILES string of the molecule is COc1cc(C(C)C)c(Oc2cnc(N)nc2N)cc1NC1OC1Nc1ccccc1. The highest BCUT2D eigenvalue weighted by Crippen LogP contribution is 2.41. The molecule has 0 saturated carbocycles. The number of nitrogens with one attached hydrogen (secondary N) is 2. The van der Waals surface area contributed by atoms with Crippen LogP contribution < -0.4 is 31.6 Å². The van der Waals surface area contributed by atoms with Crippen molar-refractivity contribution >= 4 is 23.1 Å². The predicted molar refractivity (Wildman–Crippen MR) is 120 cm³/mol. The van der Waals surface area contributed by atoms with Crippen molar-refractivity contribution in [2.45, 2.75) is 32.2 Å². The summed E-state index contributed by atoms with van der Waals surface area (Å²) in [6.45, 7) is 4.14. The summed E-state index contributed by atoms with van der Waals surface area (Å²) in [7, 11) is 1.63. The van der Waals surface area contributed by atoms with Crippen LogP contribution in [0.1, 0.15) is 25.3 Å². The van der Waals surface area contributed by atoms with E-state index in [1.807, 2.05) is 42.5 Å². The predicted octanol–water partition coefficient (Wildman–Crippen LogP) is 3.77. The molecule has 0 aliphatic carbocycles. The maximum absolute atomic E-state index is 6.06. The summed E-state index contributed by atoms with van der Waals surface area (Å²) in [6.07, 6.45) is 1.10. The third kappa shape index (κ3) is 4.72. The molecule has 1 aliphatic rings. The molecular formula is C22H26N6O3. The number of epoxide rings is 1. The monoisotopic (exact) mass is 422 g/mol. The molecule has 0 bridgehead atoms. The molecule has 2 unspecified atom stereocenters. The number of nitrogen functional groups attached to an aromatic ring is 2. The van der Waals surface area contributed by atoms with Crippen molar-refractivity contribution in [2.24, 2.45) is 0 Å². The zero-order chi connectivity index (χ0) is 22.0. The second kappa shape index (κ2) is 8.57. The van der Waals surface area contributed by atoms with Crippen molar-refractivity contribution in [3.63, 3.8) is 0 Å². The Balaban J connectivity index is 1.56. The number of para-hydroxylation sites is 1. The molecule has 0 radical (unpaired) electrons. The van der Waals surface area contributed by atoms with Crippen molar-refractivity contribution in [1.82, 2.24) is 9.97 Å². The van der Waals surface area contributed by atoms with Crippen LogP contribution >= 0.6 is 0 Å². The number of aromatic nitrogens is 2. The van der Waals surface area contributed by atoms with Gasteiger partial charge in [-0.25, -0.2) is 4.98 Å². The summed E-state index contributed by atoms with van der Waals surface area (Å²) in [6, 6.07) is 13.7. The van der Waals surface area contributed by atoms with E-state index >= 15 is 0 Å². The molecule has 2 atom stereocenters. The third-order valence-corrected chi connectivity index (χ3v) is 4.85. The van der Waals surface area contributed by atoms with E-state index in [-0.39, 0.29) is 30.1 Å². The standard InChI is InChI=1S/C22H26N6O3/c1-12(2)14-9-17(29-3)15(10-16(14)30-18-11-25-22(24)28-19(18)23)27-21-20(31-21)26-13-7-5-4-6-8-13/h4-12,20-21,26-27H,1-3H3,(H4,23,24,25,28). The normalized spacial score (nSPS) is 17.3. The Morgan fingerprint density at radius 2 is 1.74 bits per heavy atom. The van der Waals surface area contributed by atoms with E-state index < -0.39 is 0 Å². The third-order valence-electron chi connectivity index (χ3n) is 4.85. The molecule has 2 heterocycles. The van der Waals surface area contributed by atoms with Crippen molar-refractivity contribution in [3.05, 3.63) is 54.2 Å². The summed E-state index contributed by atoms with van der Waals surface area (Å²) in [5.74, 6) is 2.08. The minimum atomic E-state index is -0.211. The first-order valence-corrected chi connectivity index (χ1v) is 9.96. The van der Waals surface area contributed by atoms with Crippen molar-refractivity contribution < 1.29 is 14.2 Å². The van der Waals surface area contributed by atoms with Gasteiger partial charge < -0.3 is 36.3 Å². The number of hydrogen-bond acceptors (Lipinski definition) is 9. The fraction of sp³-hybridized carbons (Fsp3) is 0.273. The van der Waals surface area contributed by atoms with Crippen molar-refractivity contribution in [3.8, 4) is 17.2 Å². The molecule has 4 rings (SSSR count). The molecular weight excluding hydrogens is 396 g/mol. The lowest BCUT2D eigenvalue weighted by molar-refractivity contribution is 0.391. The van der Waals surface area contributed by atoms with Crippen LogP contribution in [0.3, 0.4) is 0 Å². The molecule has 1 saturated heterocycles. The van der Waals surface area contributed by atoms with Gasteiger partial charge in [0.25, 0.3) is 0 Å². The molecule has 1 aromatic heterocycles. The number of ether oxygens (including phenoxy) is 3. The quantitative estimate of drug-likeness (QED) is 0.400. The molecule has 9 nitrogen and oxygen atoms in total. The Kier molecular flexibility index (Phi) is 5.68. The maximum atomic E-state index is 6.06. The lowest BCUT2D eigenvalue weighted by Crippen LogP contribution is -2.14. The number of anilines is 4. The minimum Gasteiger partial charge on any atom is -0.495 e. The van der Waals surface area contributed by atoms with Gasteiger partial charge in [-0.1, -0.05) is 32.0 Å². The first kappa shape index (κ1) is 20.5. The highest BCUT2D eigenvalue weighted by molar-refractivity contribution is 5.65. The van der Waals surface area contributed by atoms with Gasteiger partial charge >= 0.3 is 0 Å². The van der Waals surface area contributed by atoms with Gasteiger partial charge in [0.2, 0.25) is 5.95 Å². The zero-order valence-corrected chi connectivity index (χ0v) is 17.6. The van der Waals surface area contributed by atoms with Crippen molar-refractivity contribution in [2.75, 3.05) is 29.2 Å². The fourth-order valence-corrected chi connectivity index (χ4v) is 3.18. The number of nitrogens with two attached hydrogens (primary N) is 2. The fourth-order valence-electron chi connectivity index (χ4n) is 3.18. The van der Waals surface area contributed by atoms with E-state index in [2.05, 4.69) is 34.4 Å². The second-order valence-electron chi connectivity index (χ2n) is 7.46. The Bertz CT molecular complexity index is 1060. The lowest BCUT2D eigenvalue weighted by atomic mass is 10.0. The number of nitrogens with zero attached hydrogens (tertiary/aromatic N) is 2. The van der Waals surface area contributed by atoms with Crippen LogP contribution in [0, 0.1) is 0 Å². The van der Waals surface area contributed by atoms with Crippen LogP contribution in [0.4, 0.5) is 23.1 Å². The molecule has 162 valence electrons. The van der Waals surface area contributed by atoms with Crippen LogP contribution in [-0.4, -0.2) is 29.5 Å². The average molecular weight is 422 g/mol. The van der Waals surface area contributed by atoms with E-state index in [1.165, 1.54) is 6.20 Å². The van der Waals surface area contributed by atoms with Gasteiger partial charge in [0.15, 0.2) is 24.0 Å². The first-order valence-electron chi connectivity index (χ1n) is 9.96. The number of benzene rings is 2. The molecule has 1 aliphatic heterocycles. The summed E-state index contributed by atoms with van der Waals surface area (Å²) in [4.78, 5) is 7.93. The second-order valence-corrected chi connectivity index (χ2v) is 7.46. The van der Waals surface area contributed by atoms with Gasteiger partial charge in [-0.3, -0.25) is 0 Å². The highest BCUT2D eigenvalue weighted by Gasteiger charge is 2.39. The average Bonchev–Trinajstić information content (AvgIpc) is 3.47. The minimum absolute atomic E-state index is 0.0915. The Morgan fingerprint density at radius 1 is 1.00 bits per heavy atom. The first-order chi connectivity index (χ1) is 14.9. The summed E-state index contributed by atoms with van der Waals surface area (Å²) in [5.41, 5.74) is 14.2. The largest absolute Gasteiger partial charge is 0.495 e. The molecule has 3 aromatic rings. The van der Waals surface area contributed by atoms with Gasteiger partial charge in [-0.05, 0) is 24.1 Å². The lowest BCUT2D eigenvalue weighted by Gasteiger charge is -2.19. The number of hydrogen-bond donors (Lipinski definition) is 4. The molecule has 6 N–H and O–H groups in total. The Morgan fingerprint density at radius 3 is 2.42 bits per heavy atom. The molecule has 2 aromatic carbocycles. The van der Waals surface area contributed by atoms with Gasteiger partial charge in [-0.15, -0.1) is 0 Å². The summed E-state index contributed by atoms with van der Waals surface area (Å²) >= 11 is 0. The topological polar surface area (TPSA) is 133 Å². The van der Waals surface area contributed by atoms with Gasteiger partial charge in [0, 0.05) is 17.3 Å². The molecule has 0 amide bonds. The number of rotatable bonds is 8. The van der Waals surface area contributed by atoms with E-state index in [1.54, 1.807) is 7.11 Å². The summed E-state index contributed by atoms with van der Waals surface area (Å²) < 4.78 is 17.4. The highest BCUT2D eigenvalue weighted by atomic mass is 16.6. The molecule has 9 heteroatoms. The van der Waals surface area contributed by atoms with Crippen LogP contribution in [0.15, 0.2) is 48.7 Å². The van der Waals surface area contributed by atoms with E-state index in [0.29, 0.717) is 17.2 Å². The van der Waals surface area contributed by atoms with E-state index in [0.717, 1.165) is 16.9 Å². The Labute approximate surface area is 180 Å². The van der Waals surface area contributed by atoms with Crippen LogP contribution in [0.2, 0.25) is 0 Å².